The van der Waals surface area contributed by atoms with Crippen LogP contribution in [0.15, 0.2) is 46.0 Å². The van der Waals surface area contributed by atoms with E-state index in [0.29, 0.717) is 24.6 Å². The summed E-state index contributed by atoms with van der Waals surface area (Å²) < 4.78 is 4.42. The molecule has 210 valence electrons. The van der Waals surface area contributed by atoms with Gasteiger partial charge in [0.2, 0.25) is 5.95 Å². The fraction of sp³-hybridized carbons (Fsp3) is 0.387. The number of nitrogens with zero attached hydrogens (tertiary/aromatic N) is 7. The molecule has 1 aliphatic rings. The third kappa shape index (κ3) is 5.59. The predicted molar refractivity (Wildman–Crippen MR) is 160 cm³/mol. The van der Waals surface area contributed by atoms with Crippen LogP contribution in [0.5, 0.6) is 0 Å². The lowest BCUT2D eigenvalue weighted by molar-refractivity contribution is 0.447. The van der Waals surface area contributed by atoms with E-state index in [-0.39, 0.29) is 43.1 Å². The van der Waals surface area contributed by atoms with Gasteiger partial charge in [0.1, 0.15) is 5.52 Å². The van der Waals surface area contributed by atoms with Crippen LogP contribution in [0.1, 0.15) is 51.2 Å². The van der Waals surface area contributed by atoms with Crippen LogP contribution in [0.4, 0.5) is 5.95 Å². The highest BCUT2D eigenvalue weighted by Gasteiger charge is 2.27. The molecule has 2 aromatic heterocycles. The Balaban J connectivity index is 0.00000189. The Kier molecular flexibility index (Phi) is 9.24. The van der Waals surface area contributed by atoms with E-state index >= 15 is 0 Å². The number of imidazole rings is 1. The van der Waals surface area contributed by atoms with Gasteiger partial charge in [0, 0.05) is 19.1 Å². The highest BCUT2D eigenvalue weighted by Crippen LogP contribution is 2.25. The van der Waals surface area contributed by atoms with Gasteiger partial charge in [0.15, 0.2) is 5.52 Å². The molecule has 1 atom stereocenters. The highest BCUT2D eigenvalue weighted by molar-refractivity contribution is 5.90. The highest BCUT2D eigenvalue weighted by atomic mass is 16.2. The molecule has 2 aromatic carbocycles. The summed E-state index contributed by atoms with van der Waals surface area (Å²) in [7, 11) is 0. The van der Waals surface area contributed by atoms with Crippen molar-refractivity contribution in [1.29, 1.82) is 10.5 Å². The molecule has 3 heterocycles. The smallest absolute Gasteiger partial charge is 0.293 e. The van der Waals surface area contributed by atoms with Crippen molar-refractivity contribution in [3.63, 3.8) is 0 Å². The van der Waals surface area contributed by atoms with Crippen molar-refractivity contribution in [2.24, 2.45) is 5.73 Å². The van der Waals surface area contributed by atoms with Gasteiger partial charge in [-0.1, -0.05) is 50.1 Å². The molecule has 0 bridgehead atoms. The van der Waals surface area contributed by atoms with Crippen molar-refractivity contribution in [2.45, 2.75) is 65.7 Å². The van der Waals surface area contributed by atoms with Gasteiger partial charge in [-0.05, 0) is 42.2 Å². The molecule has 10 heteroatoms. The van der Waals surface area contributed by atoms with Crippen LogP contribution in [0.25, 0.3) is 21.8 Å². The van der Waals surface area contributed by atoms with E-state index in [0.717, 1.165) is 29.2 Å². The molecule has 0 saturated carbocycles. The van der Waals surface area contributed by atoms with Gasteiger partial charge >= 0.3 is 0 Å². The van der Waals surface area contributed by atoms with E-state index in [9.17, 15) is 20.1 Å². The van der Waals surface area contributed by atoms with Crippen molar-refractivity contribution in [1.82, 2.24) is 18.9 Å². The van der Waals surface area contributed by atoms with Crippen LogP contribution in [0.2, 0.25) is 0 Å². The fourth-order valence-electron chi connectivity index (χ4n) is 5.31. The number of piperidine rings is 1. The standard InChI is InChI=1S/C29H28N8O2.C2H6/c1-2-3-15-35-26-25(33-29(35)34-14-6-8-22(32)19-34)27(38)36(16-7-13-30)37(28(26)39)18-21-12-11-20(17-31)23-9-4-5-10-24(21)23;1-2/h4-5,9-12,22H,6-8,14-16,18-19,32H2,1H3;1-2H3. The van der Waals surface area contributed by atoms with Crippen molar-refractivity contribution in [3.8, 4) is 24.0 Å². The maximum Gasteiger partial charge on any atom is 0.293 e. The van der Waals surface area contributed by atoms with E-state index in [1.54, 1.807) is 23.6 Å². The van der Waals surface area contributed by atoms with Gasteiger partial charge in [0.05, 0.1) is 43.8 Å². The maximum absolute atomic E-state index is 14.2. The SMILES string of the molecule is CC.CC#CCn1c(N2CCCC(N)C2)nc2c(=O)n(CCC#N)n(Cc3ccc(C#N)c4ccccc34)c(=O)c21. The first-order valence-corrected chi connectivity index (χ1v) is 13.9. The number of nitrogens with two attached hydrogens (primary N) is 1. The average molecular weight is 551 g/mol. The van der Waals surface area contributed by atoms with Crippen molar-refractivity contribution < 1.29 is 0 Å². The molecule has 0 amide bonds. The third-order valence-corrected chi connectivity index (χ3v) is 7.16. The van der Waals surface area contributed by atoms with E-state index in [4.69, 9.17) is 5.73 Å². The van der Waals surface area contributed by atoms with Crippen molar-refractivity contribution in [2.75, 3.05) is 18.0 Å². The predicted octanol–water partition coefficient (Wildman–Crippen LogP) is 3.32. The van der Waals surface area contributed by atoms with Crippen LogP contribution in [-0.2, 0) is 19.6 Å². The summed E-state index contributed by atoms with van der Waals surface area (Å²) in [6.45, 7) is 7.32. The van der Waals surface area contributed by atoms with Crippen LogP contribution in [0.3, 0.4) is 0 Å². The molecule has 1 aliphatic heterocycles. The second kappa shape index (κ2) is 13.0. The summed E-state index contributed by atoms with van der Waals surface area (Å²) in [6, 6.07) is 15.3. The Hall–Kier alpha value is -4.85. The van der Waals surface area contributed by atoms with Crippen LogP contribution < -0.4 is 21.8 Å². The molecule has 0 spiro atoms. The Morgan fingerprint density at radius 1 is 1.05 bits per heavy atom. The number of aromatic nitrogens is 4. The first-order chi connectivity index (χ1) is 20.0. The number of nitriles is 2. The first kappa shape index (κ1) is 29.1. The molecule has 2 N–H and O–H groups in total. The van der Waals surface area contributed by atoms with Gasteiger partial charge in [-0.25, -0.2) is 14.3 Å². The molecular formula is C31H34N8O2. The largest absolute Gasteiger partial charge is 0.341 e. The van der Waals surface area contributed by atoms with Crippen molar-refractivity contribution in [3.05, 3.63) is 68.2 Å². The molecule has 1 unspecified atom stereocenters. The minimum Gasteiger partial charge on any atom is -0.341 e. The molecular weight excluding hydrogens is 516 g/mol. The Morgan fingerprint density at radius 2 is 1.80 bits per heavy atom. The summed E-state index contributed by atoms with van der Waals surface area (Å²) >= 11 is 0. The van der Waals surface area contributed by atoms with Crippen LogP contribution in [0, 0.1) is 34.5 Å². The third-order valence-electron chi connectivity index (χ3n) is 7.16. The molecule has 5 rings (SSSR count). The molecule has 41 heavy (non-hydrogen) atoms. The molecule has 0 radical (unpaired) electrons. The zero-order valence-electron chi connectivity index (χ0n) is 23.7. The Morgan fingerprint density at radius 3 is 2.49 bits per heavy atom. The second-order valence-corrected chi connectivity index (χ2v) is 9.60. The summed E-state index contributed by atoms with van der Waals surface area (Å²) in [6.07, 6.45) is 1.83. The van der Waals surface area contributed by atoms with Crippen LogP contribution >= 0.6 is 0 Å². The molecule has 1 saturated heterocycles. The first-order valence-electron chi connectivity index (χ1n) is 13.9. The van der Waals surface area contributed by atoms with E-state index in [1.807, 2.05) is 43.0 Å². The van der Waals surface area contributed by atoms with Gasteiger partial charge in [0.25, 0.3) is 11.1 Å². The molecule has 10 nitrogen and oxygen atoms in total. The van der Waals surface area contributed by atoms with Gasteiger partial charge < -0.3 is 10.6 Å². The second-order valence-electron chi connectivity index (χ2n) is 9.60. The minimum atomic E-state index is -0.441. The summed E-state index contributed by atoms with van der Waals surface area (Å²) in [4.78, 5) is 34.7. The summed E-state index contributed by atoms with van der Waals surface area (Å²) in [5, 5.41) is 20.4. The lowest BCUT2D eigenvalue weighted by Gasteiger charge is -2.31. The number of hydrogen-bond acceptors (Lipinski definition) is 7. The molecule has 0 aliphatic carbocycles. The van der Waals surface area contributed by atoms with E-state index in [2.05, 4.69) is 29.0 Å². The van der Waals surface area contributed by atoms with Crippen LogP contribution in [-0.4, -0.2) is 38.0 Å². The Bertz CT molecular complexity index is 1840. The fourth-order valence-corrected chi connectivity index (χ4v) is 5.31. The Labute approximate surface area is 238 Å². The van der Waals surface area contributed by atoms with Gasteiger partial charge in [-0.15, -0.1) is 5.92 Å². The monoisotopic (exact) mass is 550 g/mol. The van der Waals surface area contributed by atoms with Crippen molar-refractivity contribution >= 4 is 27.8 Å². The lowest BCUT2D eigenvalue weighted by atomic mass is 10.00. The minimum absolute atomic E-state index is 0.0297. The lowest BCUT2D eigenvalue weighted by Crippen LogP contribution is -2.44. The van der Waals surface area contributed by atoms with Gasteiger partial charge in [-0.3, -0.25) is 14.2 Å². The zero-order chi connectivity index (χ0) is 29.5. The van der Waals surface area contributed by atoms with Gasteiger partial charge in [-0.2, -0.15) is 10.5 Å². The molecule has 4 aromatic rings. The quantitative estimate of drug-likeness (QED) is 0.363. The summed E-state index contributed by atoms with van der Waals surface area (Å²) in [5.74, 6) is 6.40. The van der Waals surface area contributed by atoms with E-state index < -0.39 is 11.1 Å². The number of fused-ring (bicyclic) bond motifs is 2. The number of rotatable bonds is 6. The zero-order valence-corrected chi connectivity index (χ0v) is 23.7. The average Bonchev–Trinajstić information content (AvgIpc) is 3.39. The topological polar surface area (TPSA) is 139 Å². The number of benzene rings is 2. The molecule has 1 fully saturated rings. The number of hydrogen-bond donors (Lipinski definition) is 1. The normalized spacial score (nSPS) is 14.5. The maximum atomic E-state index is 14.2. The number of anilines is 1. The van der Waals surface area contributed by atoms with E-state index in [1.165, 1.54) is 9.36 Å². The summed E-state index contributed by atoms with van der Waals surface area (Å²) in [5.41, 5.74) is 6.94.